The van der Waals surface area contributed by atoms with Gasteiger partial charge in [0.05, 0.1) is 12.2 Å². The molecule has 0 spiro atoms. The minimum atomic E-state index is 0.0780. The van der Waals surface area contributed by atoms with Crippen molar-refractivity contribution >= 4 is 11.8 Å². The number of rotatable bonds is 5. The van der Waals surface area contributed by atoms with Gasteiger partial charge in [0.15, 0.2) is 6.54 Å². The molecule has 3 fully saturated rings. The molecule has 8 heteroatoms. The van der Waals surface area contributed by atoms with E-state index < -0.39 is 0 Å². The summed E-state index contributed by atoms with van der Waals surface area (Å²) >= 11 is 0. The molecule has 2 aliphatic heterocycles. The molecule has 0 bridgehead atoms. The molecule has 160 valence electrons. The topological polar surface area (TPSA) is 66.8 Å². The van der Waals surface area contributed by atoms with Crippen LogP contribution in [0.3, 0.4) is 0 Å². The van der Waals surface area contributed by atoms with Crippen molar-refractivity contribution in [2.45, 2.75) is 45.7 Å². The van der Waals surface area contributed by atoms with E-state index in [2.05, 4.69) is 14.9 Å². The van der Waals surface area contributed by atoms with E-state index in [1.807, 2.05) is 34.4 Å². The maximum Gasteiger partial charge on any atom is 0.321 e. The van der Waals surface area contributed by atoms with E-state index in [0.717, 1.165) is 63.2 Å². The standard InChI is InChI=1S/C21H34N6O2/c1-3-27-19(15-17(2)22-27)21(29)26-9-7-23(8-10-26)16-20(28)25-13-11-24(12-14-25)18-5-4-6-18/h15,18H,3-14,16H2,1-2H3/p+1. The van der Waals surface area contributed by atoms with Gasteiger partial charge in [0.2, 0.25) is 5.91 Å². The summed E-state index contributed by atoms with van der Waals surface area (Å²) in [5.74, 6) is 0.317. The zero-order valence-electron chi connectivity index (χ0n) is 17.9. The molecule has 0 radical (unpaired) electrons. The maximum atomic E-state index is 12.9. The Hall–Kier alpha value is -1.93. The van der Waals surface area contributed by atoms with Gasteiger partial charge in [-0.05, 0) is 26.7 Å². The lowest BCUT2D eigenvalue weighted by atomic mass is 9.91. The molecule has 1 N–H and O–H groups in total. The van der Waals surface area contributed by atoms with Crippen molar-refractivity contribution in [3.05, 3.63) is 17.5 Å². The van der Waals surface area contributed by atoms with E-state index >= 15 is 0 Å². The van der Waals surface area contributed by atoms with Crippen LogP contribution in [-0.2, 0) is 11.3 Å². The molecule has 1 aromatic heterocycles. The maximum absolute atomic E-state index is 12.9. The molecule has 2 amide bonds. The predicted molar refractivity (Wildman–Crippen MR) is 110 cm³/mol. The van der Waals surface area contributed by atoms with E-state index in [9.17, 15) is 9.59 Å². The van der Waals surface area contributed by atoms with E-state index in [-0.39, 0.29) is 11.8 Å². The number of amides is 2. The molecule has 1 saturated carbocycles. The third-order valence-electron chi connectivity index (χ3n) is 6.77. The highest BCUT2D eigenvalue weighted by atomic mass is 16.2. The first kappa shape index (κ1) is 20.3. The van der Waals surface area contributed by atoms with Gasteiger partial charge in [-0.3, -0.25) is 19.4 Å². The molecule has 2 saturated heterocycles. The third-order valence-corrected chi connectivity index (χ3v) is 6.77. The van der Waals surface area contributed by atoms with Gasteiger partial charge in [-0.15, -0.1) is 4.68 Å². The van der Waals surface area contributed by atoms with E-state index in [1.165, 1.54) is 19.3 Å². The Morgan fingerprint density at radius 1 is 1.03 bits per heavy atom. The highest BCUT2D eigenvalue weighted by Gasteiger charge is 2.32. The van der Waals surface area contributed by atoms with Crippen LogP contribution in [0.5, 0.6) is 0 Å². The summed E-state index contributed by atoms with van der Waals surface area (Å²) in [6.07, 6.45) is 4.02. The van der Waals surface area contributed by atoms with Gasteiger partial charge >= 0.3 is 5.91 Å². The van der Waals surface area contributed by atoms with Crippen molar-refractivity contribution in [3.8, 4) is 0 Å². The zero-order chi connectivity index (χ0) is 20.4. The lowest BCUT2D eigenvalue weighted by molar-refractivity contribution is -0.749. The van der Waals surface area contributed by atoms with Crippen molar-refractivity contribution in [1.82, 2.24) is 24.7 Å². The molecular weight excluding hydrogens is 368 g/mol. The highest BCUT2D eigenvalue weighted by molar-refractivity contribution is 5.91. The first-order chi connectivity index (χ1) is 14.0. The summed E-state index contributed by atoms with van der Waals surface area (Å²) in [6, 6.07) is 2.69. The van der Waals surface area contributed by atoms with Crippen LogP contribution in [0, 0.1) is 6.92 Å². The normalized spacial score (nSPS) is 22.0. The number of aromatic amines is 1. The second-order valence-corrected chi connectivity index (χ2v) is 8.64. The number of aromatic nitrogens is 2. The molecule has 1 aliphatic carbocycles. The summed E-state index contributed by atoms with van der Waals surface area (Å²) in [4.78, 5) is 34.3. The van der Waals surface area contributed by atoms with Gasteiger partial charge in [0.1, 0.15) is 0 Å². The molecule has 4 rings (SSSR count). The zero-order valence-corrected chi connectivity index (χ0v) is 17.9. The van der Waals surface area contributed by atoms with Crippen LogP contribution in [-0.4, -0.2) is 101 Å². The third kappa shape index (κ3) is 4.48. The first-order valence-corrected chi connectivity index (χ1v) is 11.2. The van der Waals surface area contributed by atoms with Crippen molar-refractivity contribution < 1.29 is 14.3 Å². The number of H-pyrrole nitrogens is 1. The lowest BCUT2D eigenvalue weighted by Gasteiger charge is -2.43. The number of hydrogen-bond donors (Lipinski definition) is 1. The second-order valence-electron chi connectivity index (χ2n) is 8.64. The largest absolute Gasteiger partial charge is 0.339 e. The Kier molecular flexibility index (Phi) is 6.20. The minimum absolute atomic E-state index is 0.0780. The monoisotopic (exact) mass is 403 g/mol. The molecule has 3 aliphatic rings. The van der Waals surface area contributed by atoms with Crippen molar-refractivity contribution in [2.75, 3.05) is 58.9 Å². The van der Waals surface area contributed by atoms with Crippen LogP contribution >= 0.6 is 0 Å². The van der Waals surface area contributed by atoms with E-state index in [4.69, 9.17) is 0 Å². The second kappa shape index (κ2) is 8.83. The molecule has 0 unspecified atom stereocenters. The smallest absolute Gasteiger partial charge is 0.321 e. The summed E-state index contributed by atoms with van der Waals surface area (Å²) in [5, 5.41) is 3.21. The minimum Gasteiger partial charge on any atom is -0.339 e. The number of nitrogens with zero attached hydrogens (tertiary/aromatic N) is 5. The Labute approximate surface area is 173 Å². The van der Waals surface area contributed by atoms with Gasteiger partial charge in [-0.2, -0.15) is 5.10 Å². The Bertz CT molecular complexity index is 728. The van der Waals surface area contributed by atoms with E-state index in [1.54, 1.807) is 0 Å². The highest BCUT2D eigenvalue weighted by Crippen LogP contribution is 2.25. The number of hydrogen-bond acceptors (Lipinski definition) is 4. The first-order valence-electron chi connectivity index (χ1n) is 11.2. The molecule has 8 nitrogen and oxygen atoms in total. The van der Waals surface area contributed by atoms with Gasteiger partial charge in [-0.1, -0.05) is 6.42 Å². The van der Waals surface area contributed by atoms with Crippen LogP contribution in [0.25, 0.3) is 0 Å². The van der Waals surface area contributed by atoms with Crippen molar-refractivity contribution in [2.24, 2.45) is 0 Å². The fourth-order valence-corrected chi connectivity index (χ4v) is 4.67. The summed E-state index contributed by atoms with van der Waals surface area (Å²) in [5.41, 5.74) is 1.72. The Balaban J connectivity index is 1.22. The molecule has 29 heavy (non-hydrogen) atoms. The Morgan fingerprint density at radius 3 is 2.28 bits per heavy atom. The lowest BCUT2D eigenvalue weighted by Crippen LogP contribution is -2.56. The number of nitrogens with one attached hydrogen (secondary N) is 1. The summed E-state index contributed by atoms with van der Waals surface area (Å²) in [6.45, 7) is 11.9. The van der Waals surface area contributed by atoms with Crippen molar-refractivity contribution in [3.63, 3.8) is 0 Å². The number of aryl methyl sites for hydroxylation is 2. The molecular formula is C21H35N6O2+. The van der Waals surface area contributed by atoms with Gasteiger partial charge in [0.25, 0.3) is 5.69 Å². The predicted octanol–water partition coefficient (Wildman–Crippen LogP) is 0.0850. The number of piperazine rings is 2. The van der Waals surface area contributed by atoms with Crippen LogP contribution in [0.15, 0.2) is 6.07 Å². The van der Waals surface area contributed by atoms with Crippen molar-refractivity contribution in [1.29, 1.82) is 0 Å². The quantitative estimate of drug-likeness (QED) is 0.708. The summed E-state index contributed by atoms with van der Waals surface area (Å²) in [7, 11) is 0. The number of carbonyl (C=O) groups excluding carboxylic acids is 2. The average molecular weight is 404 g/mol. The molecule has 1 aromatic rings. The van der Waals surface area contributed by atoms with Crippen LogP contribution < -0.4 is 4.68 Å². The number of carbonyl (C=O) groups is 2. The molecule has 3 heterocycles. The molecule has 0 aromatic carbocycles. The molecule has 0 atom stereocenters. The van der Waals surface area contributed by atoms with Crippen LogP contribution in [0.2, 0.25) is 0 Å². The van der Waals surface area contributed by atoms with E-state index in [0.29, 0.717) is 19.6 Å². The average Bonchev–Trinajstić information content (AvgIpc) is 3.08. The van der Waals surface area contributed by atoms with Gasteiger partial charge < -0.3 is 9.80 Å². The van der Waals surface area contributed by atoms with Gasteiger partial charge in [-0.25, -0.2) is 0 Å². The van der Waals surface area contributed by atoms with Crippen LogP contribution in [0.4, 0.5) is 0 Å². The Morgan fingerprint density at radius 2 is 1.69 bits per heavy atom. The van der Waals surface area contributed by atoms with Gasteiger partial charge in [0, 0.05) is 64.5 Å². The fraction of sp³-hybridized carbons (Fsp3) is 0.762. The SMILES string of the molecule is CC[n+]1[nH]c(C)cc1C(=O)N1CCN(CC(=O)N2CCN(C3CCC3)CC2)CC1. The fourth-order valence-electron chi connectivity index (χ4n) is 4.67. The summed E-state index contributed by atoms with van der Waals surface area (Å²) < 4.78 is 1.90. The van der Waals surface area contributed by atoms with Crippen LogP contribution in [0.1, 0.15) is 42.4 Å².